The van der Waals surface area contributed by atoms with E-state index in [0.29, 0.717) is 11.1 Å². The van der Waals surface area contributed by atoms with Gasteiger partial charge in [0.2, 0.25) is 5.78 Å². The highest BCUT2D eigenvalue weighted by Gasteiger charge is 2.28. The third-order valence-electron chi connectivity index (χ3n) is 3.72. The Bertz CT molecular complexity index is 942. The summed E-state index contributed by atoms with van der Waals surface area (Å²) < 4.78 is 0. The summed E-state index contributed by atoms with van der Waals surface area (Å²) in [4.78, 5) is 35.1. The quantitative estimate of drug-likeness (QED) is 0.691. The van der Waals surface area contributed by atoms with Crippen molar-refractivity contribution in [3.05, 3.63) is 92.7 Å². The zero-order valence-electron chi connectivity index (χ0n) is 12.4. The van der Waals surface area contributed by atoms with Gasteiger partial charge in [-0.3, -0.25) is 19.7 Å². The second-order valence-corrected chi connectivity index (χ2v) is 5.22. The van der Waals surface area contributed by atoms with Crippen molar-refractivity contribution < 1.29 is 14.5 Å². The van der Waals surface area contributed by atoms with Crippen molar-refractivity contribution in [1.82, 2.24) is 0 Å². The van der Waals surface area contributed by atoms with E-state index in [0.717, 1.165) is 0 Å². The molecule has 0 saturated heterocycles. The smallest absolute Gasteiger partial charge is 0.270 e. The number of fused-ring (bicyclic) bond motifs is 1. The van der Waals surface area contributed by atoms with E-state index in [-0.39, 0.29) is 28.3 Å². The average molecular weight is 320 g/mol. The molecular formula is C18H12N2O4. The largest absolute Gasteiger partial charge is 0.395 e. The molecule has 0 aromatic heterocycles. The number of carbonyl (C=O) groups is 2. The fourth-order valence-electron chi connectivity index (χ4n) is 2.50. The van der Waals surface area contributed by atoms with E-state index in [4.69, 9.17) is 5.73 Å². The summed E-state index contributed by atoms with van der Waals surface area (Å²) in [7, 11) is 0. The summed E-state index contributed by atoms with van der Waals surface area (Å²) in [5.74, 6) is -0.742. The van der Waals surface area contributed by atoms with Crippen molar-refractivity contribution >= 4 is 23.3 Å². The van der Waals surface area contributed by atoms with Gasteiger partial charge in [0.05, 0.1) is 10.6 Å². The number of benzene rings is 2. The molecule has 0 saturated carbocycles. The molecule has 1 aliphatic carbocycles. The molecule has 2 N–H and O–H groups in total. The van der Waals surface area contributed by atoms with Gasteiger partial charge in [0, 0.05) is 28.8 Å². The van der Waals surface area contributed by atoms with Gasteiger partial charge in [-0.1, -0.05) is 42.5 Å². The van der Waals surface area contributed by atoms with Gasteiger partial charge < -0.3 is 5.73 Å². The van der Waals surface area contributed by atoms with Crippen molar-refractivity contribution in [1.29, 1.82) is 0 Å². The molecule has 6 nitrogen and oxygen atoms in total. The van der Waals surface area contributed by atoms with Crippen LogP contribution in [0.2, 0.25) is 0 Å². The SMILES string of the molecule is NC1=C(/C=C/c2cccc([N+](=O)[O-])c2)C(=O)c2ccccc2C1=O. The molecule has 0 spiro atoms. The number of nitro benzene ring substituents is 1. The molecule has 0 unspecified atom stereocenters. The molecule has 2 aromatic rings. The molecule has 0 radical (unpaired) electrons. The number of Topliss-reactive ketones (excluding diaryl/α,β-unsaturated/α-hetero) is 2. The number of hydrogen-bond acceptors (Lipinski definition) is 5. The van der Waals surface area contributed by atoms with Crippen molar-refractivity contribution in [3.63, 3.8) is 0 Å². The van der Waals surface area contributed by atoms with Crippen LogP contribution < -0.4 is 5.73 Å². The summed E-state index contributed by atoms with van der Waals surface area (Å²) in [5.41, 5.74) is 6.84. The average Bonchev–Trinajstić information content (AvgIpc) is 2.60. The Hall–Kier alpha value is -3.54. The van der Waals surface area contributed by atoms with E-state index in [1.54, 1.807) is 36.4 Å². The van der Waals surface area contributed by atoms with Crippen molar-refractivity contribution in [2.45, 2.75) is 0 Å². The highest BCUT2D eigenvalue weighted by molar-refractivity contribution is 6.27. The Morgan fingerprint density at radius 3 is 2.25 bits per heavy atom. The van der Waals surface area contributed by atoms with Crippen LogP contribution in [0.5, 0.6) is 0 Å². The lowest BCUT2D eigenvalue weighted by Gasteiger charge is -2.16. The number of nitrogens with two attached hydrogens (primary N) is 1. The highest BCUT2D eigenvalue weighted by Crippen LogP contribution is 2.25. The normalized spacial score (nSPS) is 14.2. The van der Waals surface area contributed by atoms with Crippen LogP contribution in [0.25, 0.3) is 6.08 Å². The van der Waals surface area contributed by atoms with Gasteiger partial charge in [-0.2, -0.15) is 0 Å². The number of rotatable bonds is 3. The second kappa shape index (κ2) is 5.92. The number of allylic oxidation sites excluding steroid dienone is 3. The van der Waals surface area contributed by atoms with Gasteiger partial charge in [0.15, 0.2) is 5.78 Å². The first-order valence-corrected chi connectivity index (χ1v) is 7.10. The van der Waals surface area contributed by atoms with Gasteiger partial charge in [0.1, 0.15) is 0 Å². The third-order valence-corrected chi connectivity index (χ3v) is 3.72. The summed E-state index contributed by atoms with van der Waals surface area (Å²) in [5, 5.41) is 10.8. The Balaban J connectivity index is 1.99. The third kappa shape index (κ3) is 2.61. The number of nitro groups is 1. The molecular weight excluding hydrogens is 308 g/mol. The highest BCUT2D eigenvalue weighted by atomic mass is 16.6. The minimum Gasteiger partial charge on any atom is -0.395 e. The zero-order valence-corrected chi connectivity index (χ0v) is 12.4. The van der Waals surface area contributed by atoms with Crippen LogP contribution >= 0.6 is 0 Å². The lowest BCUT2D eigenvalue weighted by Crippen LogP contribution is -2.25. The van der Waals surface area contributed by atoms with Crippen molar-refractivity contribution in [2.75, 3.05) is 0 Å². The monoisotopic (exact) mass is 320 g/mol. The number of carbonyl (C=O) groups excluding carboxylic acids is 2. The molecule has 0 heterocycles. The van der Waals surface area contributed by atoms with Crippen LogP contribution in [0.1, 0.15) is 26.3 Å². The molecule has 0 aliphatic heterocycles. The molecule has 0 bridgehead atoms. The maximum absolute atomic E-state index is 12.5. The van der Waals surface area contributed by atoms with Gasteiger partial charge in [-0.25, -0.2) is 0 Å². The molecule has 0 amide bonds. The lowest BCUT2D eigenvalue weighted by molar-refractivity contribution is -0.384. The first kappa shape index (κ1) is 15.4. The molecule has 0 atom stereocenters. The second-order valence-electron chi connectivity index (χ2n) is 5.22. The van der Waals surface area contributed by atoms with E-state index in [1.165, 1.54) is 24.3 Å². The fourth-order valence-corrected chi connectivity index (χ4v) is 2.50. The Kier molecular flexibility index (Phi) is 3.79. The van der Waals surface area contributed by atoms with Crippen LogP contribution in [-0.4, -0.2) is 16.5 Å². The van der Waals surface area contributed by atoms with E-state index in [1.807, 2.05) is 0 Å². The Morgan fingerprint density at radius 1 is 0.917 bits per heavy atom. The number of hydrogen-bond donors (Lipinski definition) is 1. The topological polar surface area (TPSA) is 103 Å². The molecule has 6 heteroatoms. The van der Waals surface area contributed by atoms with Crippen molar-refractivity contribution in [3.8, 4) is 0 Å². The number of ketones is 2. The molecule has 3 rings (SSSR count). The number of nitrogens with zero attached hydrogens (tertiary/aromatic N) is 1. The lowest BCUT2D eigenvalue weighted by atomic mass is 9.87. The van der Waals surface area contributed by atoms with Gasteiger partial charge in [-0.15, -0.1) is 0 Å². The summed E-state index contributed by atoms with van der Waals surface area (Å²) in [6.45, 7) is 0. The summed E-state index contributed by atoms with van der Waals surface area (Å²) in [6.07, 6.45) is 2.94. The molecule has 118 valence electrons. The van der Waals surface area contributed by atoms with Gasteiger partial charge in [0.25, 0.3) is 5.69 Å². The van der Waals surface area contributed by atoms with Gasteiger partial charge in [-0.05, 0) is 11.6 Å². The number of non-ortho nitro benzene ring substituents is 1. The molecule has 2 aromatic carbocycles. The first-order chi connectivity index (χ1) is 11.5. The minimum absolute atomic E-state index is 0.0597. The molecule has 24 heavy (non-hydrogen) atoms. The predicted octanol–water partition coefficient (Wildman–Crippen LogP) is 2.90. The van der Waals surface area contributed by atoms with E-state index < -0.39 is 10.7 Å². The van der Waals surface area contributed by atoms with Crippen LogP contribution in [0, 0.1) is 10.1 Å². The van der Waals surface area contributed by atoms with E-state index in [9.17, 15) is 19.7 Å². The Labute approximate surface area is 137 Å². The summed E-state index contributed by atoms with van der Waals surface area (Å²) >= 11 is 0. The summed E-state index contributed by atoms with van der Waals surface area (Å²) in [6, 6.07) is 12.4. The van der Waals surface area contributed by atoms with Gasteiger partial charge >= 0.3 is 0 Å². The van der Waals surface area contributed by atoms with Crippen LogP contribution in [0.3, 0.4) is 0 Å². The van der Waals surface area contributed by atoms with Crippen LogP contribution in [0.4, 0.5) is 5.69 Å². The Morgan fingerprint density at radius 2 is 1.58 bits per heavy atom. The predicted molar refractivity (Wildman–Crippen MR) is 88.4 cm³/mol. The molecule has 1 aliphatic rings. The molecule has 0 fully saturated rings. The van der Waals surface area contributed by atoms with E-state index in [2.05, 4.69) is 0 Å². The maximum atomic E-state index is 12.5. The fraction of sp³-hybridized carbons (Fsp3) is 0. The van der Waals surface area contributed by atoms with Crippen LogP contribution in [-0.2, 0) is 0 Å². The minimum atomic E-state index is -0.503. The van der Waals surface area contributed by atoms with E-state index >= 15 is 0 Å². The first-order valence-electron chi connectivity index (χ1n) is 7.10. The van der Waals surface area contributed by atoms with Crippen LogP contribution in [0.15, 0.2) is 65.9 Å². The standard InChI is InChI=1S/C18H12N2O4/c19-16-15(9-8-11-4-3-5-12(10-11)20(23)24)17(21)13-6-1-2-7-14(13)18(16)22/h1-10H,19H2/b9-8+. The maximum Gasteiger partial charge on any atom is 0.270 e. The zero-order chi connectivity index (χ0) is 17.3. The van der Waals surface area contributed by atoms with Crippen molar-refractivity contribution in [2.24, 2.45) is 5.73 Å².